The Morgan fingerprint density at radius 1 is 1.19 bits per heavy atom. The average molecular weight is 435 g/mol. The number of fused-ring (bicyclic) bond motifs is 1. The molecule has 0 saturated carbocycles. The molecule has 0 radical (unpaired) electrons. The second kappa shape index (κ2) is 8.86. The Hall–Kier alpha value is -3.61. The zero-order valence-electron chi connectivity index (χ0n) is 18.1. The molecule has 1 saturated heterocycles. The number of amides is 1. The average Bonchev–Trinajstić information content (AvgIpc) is 3.34. The molecular weight excluding hydrogens is 410 g/mol. The van der Waals surface area contributed by atoms with Gasteiger partial charge in [-0.1, -0.05) is 25.5 Å². The van der Waals surface area contributed by atoms with Crippen LogP contribution in [0.2, 0.25) is 0 Å². The second-order valence-electron chi connectivity index (χ2n) is 7.93. The van der Waals surface area contributed by atoms with Crippen molar-refractivity contribution >= 4 is 23.4 Å². The molecule has 2 aromatic carbocycles. The number of nitrogens with zero attached hydrogens (tertiary/aromatic N) is 1. The summed E-state index contributed by atoms with van der Waals surface area (Å²) in [6, 6.07) is 11.2. The molecule has 2 aromatic rings. The minimum atomic E-state index is -0.725. The molecule has 0 bridgehead atoms. The largest absolute Gasteiger partial charge is 0.507 e. The van der Waals surface area contributed by atoms with E-state index >= 15 is 0 Å². The number of carbonyl (C=O) groups excluding carboxylic acids is 3. The van der Waals surface area contributed by atoms with Crippen LogP contribution >= 0.6 is 0 Å². The number of Topliss-reactive ketones (excluding diaryl/α,β-unsaturated/α-hetero) is 1. The van der Waals surface area contributed by atoms with E-state index in [9.17, 15) is 19.5 Å². The van der Waals surface area contributed by atoms with E-state index < -0.39 is 23.7 Å². The monoisotopic (exact) mass is 435 g/mol. The maximum Gasteiger partial charge on any atom is 0.308 e. The molecule has 0 spiro atoms. The summed E-state index contributed by atoms with van der Waals surface area (Å²) in [5.41, 5.74) is 2.15. The molecule has 32 heavy (non-hydrogen) atoms. The number of hydrogen-bond acceptors (Lipinski definition) is 6. The molecule has 2 heterocycles. The van der Waals surface area contributed by atoms with Crippen molar-refractivity contribution in [3.05, 3.63) is 64.7 Å². The van der Waals surface area contributed by atoms with Crippen LogP contribution in [0.5, 0.6) is 11.5 Å². The van der Waals surface area contributed by atoms with Crippen LogP contribution in [0.15, 0.2) is 48.0 Å². The summed E-state index contributed by atoms with van der Waals surface area (Å²) in [5, 5.41) is 11.2. The Kier molecular flexibility index (Phi) is 5.99. The number of aliphatic hydroxyl groups excluding tert-OH is 1. The van der Waals surface area contributed by atoms with E-state index in [1.54, 1.807) is 42.5 Å². The fourth-order valence-corrected chi connectivity index (χ4v) is 4.16. The summed E-state index contributed by atoms with van der Waals surface area (Å²) in [6.07, 6.45) is 2.31. The van der Waals surface area contributed by atoms with E-state index in [4.69, 9.17) is 9.47 Å². The minimum absolute atomic E-state index is 0.0604. The molecule has 4 rings (SSSR count). The topological polar surface area (TPSA) is 93.1 Å². The Labute approximate surface area is 186 Å². The number of rotatable bonds is 6. The van der Waals surface area contributed by atoms with E-state index in [0.717, 1.165) is 30.6 Å². The third kappa shape index (κ3) is 3.98. The van der Waals surface area contributed by atoms with E-state index in [0.29, 0.717) is 30.0 Å². The number of unbranched alkanes of at least 4 members (excludes halogenated alkanes) is 1. The number of esters is 1. The Morgan fingerprint density at radius 3 is 2.62 bits per heavy atom. The summed E-state index contributed by atoms with van der Waals surface area (Å²) >= 11 is 0. The predicted molar refractivity (Wildman–Crippen MR) is 117 cm³/mol. The van der Waals surface area contributed by atoms with Crippen molar-refractivity contribution in [3.8, 4) is 11.5 Å². The maximum atomic E-state index is 13.0. The van der Waals surface area contributed by atoms with E-state index in [2.05, 4.69) is 0 Å². The van der Waals surface area contributed by atoms with Gasteiger partial charge in [-0.25, -0.2) is 0 Å². The number of carbonyl (C=O) groups is 3. The first-order valence-electron chi connectivity index (χ1n) is 10.7. The molecular formula is C25H25NO6. The molecule has 0 aromatic heterocycles. The molecule has 1 unspecified atom stereocenters. The smallest absolute Gasteiger partial charge is 0.308 e. The van der Waals surface area contributed by atoms with Crippen molar-refractivity contribution < 1.29 is 29.0 Å². The molecule has 7 nitrogen and oxygen atoms in total. The van der Waals surface area contributed by atoms with Gasteiger partial charge < -0.3 is 19.5 Å². The highest BCUT2D eigenvalue weighted by atomic mass is 16.5. The summed E-state index contributed by atoms with van der Waals surface area (Å²) in [5.74, 6) is -0.839. The third-order valence-corrected chi connectivity index (χ3v) is 5.71. The fraction of sp³-hybridized carbons (Fsp3) is 0.320. The lowest BCUT2D eigenvalue weighted by Gasteiger charge is -2.25. The van der Waals surface area contributed by atoms with Gasteiger partial charge in [0.05, 0.1) is 18.2 Å². The lowest BCUT2D eigenvalue weighted by Crippen LogP contribution is -2.30. The first-order chi connectivity index (χ1) is 15.4. The molecule has 2 aliphatic rings. The van der Waals surface area contributed by atoms with Crippen LogP contribution in [0.3, 0.4) is 0 Å². The SMILES string of the molecule is CCCCN1C(=O)C(=O)/C(=C(\O)c2ccc3c(c2)CCO3)C1c1ccc(OC(C)=O)cc1. The quantitative estimate of drug-likeness (QED) is 0.244. The molecule has 1 fully saturated rings. The van der Waals surface area contributed by atoms with Gasteiger partial charge in [0, 0.05) is 25.5 Å². The molecule has 1 N–H and O–H groups in total. The van der Waals surface area contributed by atoms with Crippen LogP contribution in [-0.4, -0.2) is 40.8 Å². The van der Waals surface area contributed by atoms with Gasteiger partial charge in [-0.15, -0.1) is 0 Å². The first-order valence-corrected chi connectivity index (χ1v) is 10.7. The fourth-order valence-electron chi connectivity index (χ4n) is 4.16. The van der Waals surface area contributed by atoms with Crippen molar-refractivity contribution in [3.63, 3.8) is 0 Å². The second-order valence-corrected chi connectivity index (χ2v) is 7.93. The van der Waals surface area contributed by atoms with Gasteiger partial charge in [-0.05, 0) is 47.9 Å². The van der Waals surface area contributed by atoms with Crippen molar-refractivity contribution in [2.45, 2.75) is 39.2 Å². The molecule has 2 aliphatic heterocycles. The molecule has 1 amide bonds. The number of likely N-dealkylation sites (tertiary alicyclic amines) is 1. The van der Waals surface area contributed by atoms with Crippen molar-refractivity contribution in [1.29, 1.82) is 0 Å². The number of aliphatic hydroxyl groups is 1. The Morgan fingerprint density at radius 2 is 1.94 bits per heavy atom. The van der Waals surface area contributed by atoms with E-state index in [-0.39, 0.29) is 11.3 Å². The normalized spacial score (nSPS) is 19.1. The van der Waals surface area contributed by atoms with Gasteiger partial charge in [-0.3, -0.25) is 14.4 Å². The highest BCUT2D eigenvalue weighted by Gasteiger charge is 2.45. The lowest BCUT2D eigenvalue weighted by molar-refractivity contribution is -0.139. The van der Waals surface area contributed by atoms with Crippen LogP contribution in [0.4, 0.5) is 0 Å². The van der Waals surface area contributed by atoms with Crippen LogP contribution in [0.25, 0.3) is 5.76 Å². The van der Waals surface area contributed by atoms with Gasteiger partial charge in [0.15, 0.2) is 0 Å². The van der Waals surface area contributed by atoms with Crippen molar-refractivity contribution in [2.24, 2.45) is 0 Å². The van der Waals surface area contributed by atoms with Gasteiger partial charge in [0.1, 0.15) is 17.3 Å². The lowest BCUT2D eigenvalue weighted by atomic mass is 9.94. The highest BCUT2D eigenvalue weighted by molar-refractivity contribution is 6.46. The number of benzene rings is 2. The Bertz CT molecular complexity index is 1100. The van der Waals surface area contributed by atoms with Gasteiger partial charge >= 0.3 is 5.97 Å². The molecule has 1 atom stereocenters. The summed E-state index contributed by atoms with van der Waals surface area (Å²) in [7, 11) is 0. The summed E-state index contributed by atoms with van der Waals surface area (Å²) < 4.78 is 10.6. The summed E-state index contributed by atoms with van der Waals surface area (Å²) in [6.45, 7) is 4.29. The Balaban J connectivity index is 1.79. The molecule has 0 aliphatic carbocycles. The zero-order chi connectivity index (χ0) is 22.8. The van der Waals surface area contributed by atoms with Gasteiger partial charge in [0.2, 0.25) is 0 Å². The molecule has 7 heteroatoms. The third-order valence-electron chi connectivity index (χ3n) is 5.71. The maximum absolute atomic E-state index is 13.0. The molecule has 166 valence electrons. The van der Waals surface area contributed by atoms with Crippen LogP contribution in [0.1, 0.15) is 49.4 Å². The first kappa shape index (κ1) is 21.6. The van der Waals surface area contributed by atoms with Crippen LogP contribution in [0, 0.1) is 0 Å². The number of ether oxygens (including phenoxy) is 2. The number of ketones is 1. The van der Waals surface area contributed by atoms with Crippen LogP contribution in [-0.2, 0) is 20.8 Å². The number of hydrogen-bond donors (Lipinski definition) is 1. The van der Waals surface area contributed by atoms with Crippen molar-refractivity contribution in [1.82, 2.24) is 4.90 Å². The summed E-state index contributed by atoms with van der Waals surface area (Å²) in [4.78, 5) is 38.6. The van der Waals surface area contributed by atoms with Gasteiger partial charge in [-0.2, -0.15) is 0 Å². The van der Waals surface area contributed by atoms with E-state index in [1.807, 2.05) is 6.92 Å². The highest BCUT2D eigenvalue weighted by Crippen LogP contribution is 2.40. The standard InChI is InChI=1S/C25H25NO6/c1-3-4-12-26-22(16-5-8-19(9-6-16)32-15(2)27)21(24(29)25(26)30)23(28)18-7-10-20-17(14-18)11-13-31-20/h5-10,14,22,28H,3-4,11-13H2,1-2H3/b23-21-. The van der Waals surface area contributed by atoms with Gasteiger partial charge in [0.25, 0.3) is 11.7 Å². The minimum Gasteiger partial charge on any atom is -0.507 e. The van der Waals surface area contributed by atoms with E-state index in [1.165, 1.54) is 11.8 Å². The van der Waals surface area contributed by atoms with Crippen molar-refractivity contribution in [2.75, 3.05) is 13.2 Å². The van der Waals surface area contributed by atoms with Crippen LogP contribution < -0.4 is 9.47 Å². The zero-order valence-corrected chi connectivity index (χ0v) is 18.1. The predicted octanol–water partition coefficient (Wildman–Crippen LogP) is 3.77.